The molecule has 1 aromatic heterocycles. The van der Waals surface area contributed by atoms with Crippen molar-refractivity contribution < 1.29 is 4.79 Å². The minimum Gasteiger partial charge on any atom is -0.351 e. The van der Waals surface area contributed by atoms with E-state index in [4.69, 9.17) is 0 Å². The topological polar surface area (TPSA) is 64.0 Å². The van der Waals surface area contributed by atoms with E-state index in [0.29, 0.717) is 24.7 Å². The van der Waals surface area contributed by atoms with Gasteiger partial charge in [-0.15, -0.1) is 0 Å². The molecule has 0 atom stereocenters. The molecule has 1 N–H and O–H groups in total. The Morgan fingerprint density at radius 1 is 1.44 bits per heavy atom. The van der Waals surface area contributed by atoms with Crippen LogP contribution in [0.3, 0.4) is 0 Å². The van der Waals surface area contributed by atoms with Gasteiger partial charge in [0.2, 0.25) is 0 Å². The molecule has 1 heterocycles. The summed E-state index contributed by atoms with van der Waals surface area (Å²) in [5, 5.41) is 6.87. The lowest BCUT2D eigenvalue weighted by atomic mass is 10.2. The molecule has 0 fully saturated rings. The lowest BCUT2D eigenvalue weighted by molar-refractivity contribution is 0.0945. The van der Waals surface area contributed by atoms with Crippen molar-refractivity contribution in [1.82, 2.24) is 15.1 Å². The average molecular weight is 251 g/mol. The highest BCUT2D eigenvalue weighted by atomic mass is 16.2. The number of carbonyl (C=O) groups excluding carboxylic acids is 1. The zero-order valence-corrected chi connectivity index (χ0v) is 11.3. The Kier molecular flexibility index (Phi) is 5.55. The molecule has 5 heteroatoms. The second-order valence-corrected chi connectivity index (χ2v) is 4.74. The maximum Gasteiger partial charge on any atom is 0.271 e. The normalized spacial score (nSPS) is 10.7. The van der Waals surface area contributed by atoms with Crippen LogP contribution in [0.5, 0.6) is 0 Å². The highest BCUT2D eigenvalue weighted by Gasteiger charge is 2.09. The first-order valence-corrected chi connectivity index (χ1v) is 6.41. The van der Waals surface area contributed by atoms with Gasteiger partial charge in [-0.05, 0) is 18.4 Å². The summed E-state index contributed by atoms with van der Waals surface area (Å²) in [7, 11) is 0. The molecule has 0 saturated heterocycles. The predicted molar refractivity (Wildman–Crippen MR) is 70.6 cm³/mol. The predicted octanol–water partition coefficient (Wildman–Crippen LogP) is 1.43. The Balaban J connectivity index is 2.77. The van der Waals surface area contributed by atoms with E-state index in [-0.39, 0.29) is 11.5 Å². The van der Waals surface area contributed by atoms with Crippen LogP contribution in [0.25, 0.3) is 0 Å². The van der Waals surface area contributed by atoms with Crippen molar-refractivity contribution >= 4 is 5.91 Å². The van der Waals surface area contributed by atoms with Crippen LogP contribution in [0.4, 0.5) is 0 Å². The summed E-state index contributed by atoms with van der Waals surface area (Å²) in [6.07, 6.45) is 1.97. The zero-order valence-electron chi connectivity index (χ0n) is 11.3. The number of unbranched alkanes of at least 4 members (excludes halogenated alkanes) is 1. The van der Waals surface area contributed by atoms with Gasteiger partial charge in [-0.25, -0.2) is 4.68 Å². The molecule has 0 bridgehead atoms. The summed E-state index contributed by atoms with van der Waals surface area (Å²) >= 11 is 0. The molecule has 100 valence electrons. The smallest absolute Gasteiger partial charge is 0.271 e. The summed E-state index contributed by atoms with van der Waals surface area (Å²) < 4.78 is 1.35. The summed E-state index contributed by atoms with van der Waals surface area (Å²) in [5.74, 6) is 0.0922. The average Bonchev–Trinajstić information content (AvgIpc) is 2.31. The van der Waals surface area contributed by atoms with E-state index in [1.807, 2.05) is 13.8 Å². The number of carbonyl (C=O) groups is 1. The Morgan fingerprint density at radius 3 is 2.78 bits per heavy atom. The first-order chi connectivity index (χ1) is 8.54. The number of aromatic nitrogens is 2. The second-order valence-electron chi connectivity index (χ2n) is 4.74. The first kappa shape index (κ1) is 14.4. The second kappa shape index (κ2) is 6.93. The molecule has 0 aromatic carbocycles. The van der Waals surface area contributed by atoms with Gasteiger partial charge < -0.3 is 5.32 Å². The molecular weight excluding hydrogens is 230 g/mol. The van der Waals surface area contributed by atoms with Crippen LogP contribution in [-0.2, 0) is 6.54 Å². The number of nitrogens with zero attached hydrogens (tertiary/aromatic N) is 2. The summed E-state index contributed by atoms with van der Waals surface area (Å²) in [6.45, 7) is 7.23. The van der Waals surface area contributed by atoms with Crippen LogP contribution >= 0.6 is 0 Å². The highest BCUT2D eigenvalue weighted by molar-refractivity contribution is 5.91. The van der Waals surface area contributed by atoms with Gasteiger partial charge in [0, 0.05) is 19.2 Å². The van der Waals surface area contributed by atoms with Crippen molar-refractivity contribution in [1.29, 1.82) is 0 Å². The maximum absolute atomic E-state index is 11.8. The van der Waals surface area contributed by atoms with Crippen molar-refractivity contribution in [3.05, 3.63) is 28.2 Å². The number of amides is 1. The first-order valence-electron chi connectivity index (χ1n) is 6.41. The Morgan fingerprint density at radius 2 is 2.17 bits per heavy atom. The molecule has 0 spiro atoms. The molecule has 5 nitrogen and oxygen atoms in total. The Labute approximate surface area is 107 Å². The van der Waals surface area contributed by atoms with E-state index < -0.39 is 0 Å². The van der Waals surface area contributed by atoms with Crippen molar-refractivity contribution in [3.8, 4) is 0 Å². The molecule has 0 unspecified atom stereocenters. The molecule has 0 saturated carbocycles. The van der Waals surface area contributed by atoms with Gasteiger partial charge in [-0.1, -0.05) is 27.2 Å². The van der Waals surface area contributed by atoms with Crippen LogP contribution < -0.4 is 10.9 Å². The maximum atomic E-state index is 11.8. The van der Waals surface area contributed by atoms with Crippen LogP contribution in [0.1, 0.15) is 44.1 Å². The molecule has 18 heavy (non-hydrogen) atoms. The van der Waals surface area contributed by atoms with Gasteiger partial charge in [-0.2, -0.15) is 5.10 Å². The third-order valence-corrected chi connectivity index (χ3v) is 2.45. The fourth-order valence-electron chi connectivity index (χ4n) is 1.52. The van der Waals surface area contributed by atoms with Gasteiger partial charge >= 0.3 is 0 Å². The summed E-state index contributed by atoms with van der Waals surface area (Å²) in [4.78, 5) is 23.3. The van der Waals surface area contributed by atoms with Crippen LogP contribution in [0.15, 0.2) is 16.9 Å². The third kappa shape index (κ3) is 4.31. The van der Waals surface area contributed by atoms with Crippen molar-refractivity contribution in [2.75, 3.05) is 6.54 Å². The summed E-state index contributed by atoms with van der Waals surface area (Å²) in [6, 6.07) is 2.87. The molecular formula is C13H21N3O2. The molecule has 0 aliphatic carbocycles. The lowest BCUT2D eigenvalue weighted by Gasteiger charge is -2.09. The fourth-order valence-corrected chi connectivity index (χ4v) is 1.52. The van der Waals surface area contributed by atoms with Gasteiger partial charge in [0.25, 0.3) is 11.5 Å². The standard InChI is InChI=1S/C13H21N3O2/c1-4-5-8-14-13(18)11-6-7-12(17)16(15-11)9-10(2)3/h6-7,10H,4-5,8-9H2,1-3H3,(H,14,18). The van der Waals surface area contributed by atoms with E-state index in [9.17, 15) is 9.59 Å². The molecule has 1 rings (SSSR count). The van der Waals surface area contributed by atoms with Gasteiger partial charge in [-0.3, -0.25) is 9.59 Å². The third-order valence-electron chi connectivity index (χ3n) is 2.45. The van der Waals surface area contributed by atoms with E-state index >= 15 is 0 Å². The minimum atomic E-state index is -0.221. The quantitative estimate of drug-likeness (QED) is 0.778. The van der Waals surface area contributed by atoms with E-state index in [1.54, 1.807) is 0 Å². The van der Waals surface area contributed by atoms with Crippen LogP contribution in [0.2, 0.25) is 0 Å². The van der Waals surface area contributed by atoms with E-state index in [1.165, 1.54) is 16.8 Å². The number of hydrogen-bond acceptors (Lipinski definition) is 3. The van der Waals surface area contributed by atoms with E-state index in [2.05, 4.69) is 17.3 Å². The lowest BCUT2D eigenvalue weighted by Crippen LogP contribution is -2.31. The molecule has 0 aliphatic rings. The van der Waals surface area contributed by atoms with Crippen molar-refractivity contribution in [2.24, 2.45) is 5.92 Å². The molecule has 1 amide bonds. The molecule has 0 radical (unpaired) electrons. The van der Waals surface area contributed by atoms with Crippen LogP contribution in [0, 0.1) is 5.92 Å². The van der Waals surface area contributed by atoms with E-state index in [0.717, 1.165) is 12.8 Å². The molecule has 1 aromatic rings. The Hall–Kier alpha value is -1.65. The number of nitrogens with one attached hydrogen (secondary N) is 1. The van der Waals surface area contributed by atoms with Gasteiger partial charge in [0.05, 0.1) is 0 Å². The number of rotatable bonds is 6. The van der Waals surface area contributed by atoms with Crippen molar-refractivity contribution in [3.63, 3.8) is 0 Å². The fraction of sp³-hybridized carbons (Fsp3) is 0.615. The number of hydrogen-bond donors (Lipinski definition) is 1. The highest BCUT2D eigenvalue weighted by Crippen LogP contribution is 1.96. The largest absolute Gasteiger partial charge is 0.351 e. The molecule has 0 aliphatic heterocycles. The summed E-state index contributed by atoms with van der Waals surface area (Å²) in [5.41, 5.74) is 0.125. The SMILES string of the molecule is CCCCNC(=O)c1ccc(=O)n(CC(C)C)n1. The van der Waals surface area contributed by atoms with Gasteiger partial charge in [0.15, 0.2) is 0 Å². The minimum absolute atomic E-state index is 0.172. The van der Waals surface area contributed by atoms with Crippen molar-refractivity contribution in [2.45, 2.75) is 40.2 Å². The monoisotopic (exact) mass is 251 g/mol. The van der Waals surface area contributed by atoms with Gasteiger partial charge in [0.1, 0.15) is 5.69 Å². The zero-order chi connectivity index (χ0) is 13.5. The Bertz CT molecular complexity index is 452. The van der Waals surface area contributed by atoms with Crippen LogP contribution in [-0.4, -0.2) is 22.2 Å².